The third-order valence-corrected chi connectivity index (χ3v) is 6.46. The van der Waals surface area contributed by atoms with Crippen molar-refractivity contribution >= 4 is 28.5 Å². The molecule has 2 aliphatic heterocycles. The molecule has 30 heavy (non-hydrogen) atoms. The smallest absolute Gasteiger partial charge is 0.329 e. The first kappa shape index (κ1) is 19.2. The SMILES string of the molecule is O=C(c1snc2c(=O)n(Cc3ccccc3)c(=O)[nH]c12)N1CCC2(CC1)OCCO2. The van der Waals surface area contributed by atoms with E-state index < -0.39 is 17.0 Å². The van der Waals surface area contributed by atoms with Crippen molar-refractivity contribution in [2.24, 2.45) is 0 Å². The second kappa shape index (κ2) is 7.46. The van der Waals surface area contributed by atoms with Crippen LogP contribution in [0.4, 0.5) is 0 Å². The molecule has 2 saturated heterocycles. The van der Waals surface area contributed by atoms with E-state index in [-0.39, 0.29) is 28.4 Å². The molecule has 2 fully saturated rings. The number of nitrogens with zero attached hydrogens (tertiary/aromatic N) is 3. The number of carbonyl (C=O) groups excluding carboxylic acids is 1. The topological polar surface area (TPSA) is 107 Å². The van der Waals surface area contributed by atoms with Gasteiger partial charge in [-0.05, 0) is 17.1 Å². The molecule has 0 aliphatic carbocycles. The lowest BCUT2D eigenvalue weighted by molar-refractivity contribution is -0.181. The zero-order valence-corrected chi connectivity index (χ0v) is 16.9. The molecule has 10 heteroatoms. The summed E-state index contributed by atoms with van der Waals surface area (Å²) in [7, 11) is 0. The highest BCUT2D eigenvalue weighted by atomic mass is 32.1. The van der Waals surface area contributed by atoms with E-state index >= 15 is 0 Å². The Kier molecular flexibility index (Phi) is 4.76. The Morgan fingerprint density at radius 3 is 2.53 bits per heavy atom. The van der Waals surface area contributed by atoms with Crippen molar-refractivity contribution in [3.8, 4) is 0 Å². The first-order valence-electron chi connectivity index (χ1n) is 9.80. The highest BCUT2D eigenvalue weighted by molar-refractivity contribution is 7.09. The third-order valence-electron chi connectivity index (χ3n) is 5.62. The summed E-state index contributed by atoms with van der Waals surface area (Å²) >= 11 is 0.939. The number of rotatable bonds is 3. The van der Waals surface area contributed by atoms with Crippen LogP contribution in [0.3, 0.4) is 0 Å². The monoisotopic (exact) mass is 428 g/mol. The molecule has 4 heterocycles. The predicted octanol–water partition coefficient (Wildman–Crippen LogP) is 1.17. The lowest BCUT2D eigenvalue weighted by atomic mass is 10.0. The van der Waals surface area contributed by atoms with Crippen LogP contribution in [0.1, 0.15) is 28.1 Å². The molecule has 0 radical (unpaired) electrons. The Labute approximate surface area is 175 Å². The van der Waals surface area contributed by atoms with E-state index in [0.29, 0.717) is 39.1 Å². The fourth-order valence-electron chi connectivity index (χ4n) is 3.98. The van der Waals surface area contributed by atoms with E-state index in [1.807, 2.05) is 30.3 Å². The summed E-state index contributed by atoms with van der Waals surface area (Å²) in [5, 5.41) is 0. The number of likely N-dealkylation sites (tertiary alicyclic amines) is 1. The number of aromatic nitrogens is 3. The lowest BCUT2D eigenvalue weighted by Crippen LogP contribution is -2.47. The van der Waals surface area contributed by atoms with Gasteiger partial charge in [0.2, 0.25) is 0 Å². The van der Waals surface area contributed by atoms with Crippen molar-refractivity contribution in [1.82, 2.24) is 18.8 Å². The van der Waals surface area contributed by atoms with Gasteiger partial charge in [-0.3, -0.25) is 14.2 Å². The van der Waals surface area contributed by atoms with Gasteiger partial charge in [-0.2, -0.15) is 4.37 Å². The van der Waals surface area contributed by atoms with Crippen LogP contribution in [0.25, 0.3) is 11.0 Å². The Balaban J connectivity index is 1.43. The van der Waals surface area contributed by atoms with Gasteiger partial charge in [-0.25, -0.2) is 4.79 Å². The lowest BCUT2D eigenvalue weighted by Gasteiger charge is -2.37. The first-order chi connectivity index (χ1) is 14.6. The highest BCUT2D eigenvalue weighted by Gasteiger charge is 2.41. The summed E-state index contributed by atoms with van der Waals surface area (Å²) in [6.45, 7) is 2.24. The van der Waals surface area contributed by atoms with Crippen LogP contribution in [0, 0.1) is 0 Å². The third kappa shape index (κ3) is 3.26. The number of nitrogens with one attached hydrogen (secondary N) is 1. The Morgan fingerprint density at radius 2 is 1.83 bits per heavy atom. The Hall–Kier alpha value is -2.82. The summed E-state index contributed by atoms with van der Waals surface area (Å²) < 4.78 is 16.7. The van der Waals surface area contributed by atoms with Crippen molar-refractivity contribution in [2.45, 2.75) is 25.2 Å². The number of piperidine rings is 1. The molecular weight excluding hydrogens is 408 g/mol. The molecule has 0 atom stereocenters. The first-order valence-corrected chi connectivity index (χ1v) is 10.6. The normalized spacial score (nSPS) is 18.3. The number of H-pyrrole nitrogens is 1. The fourth-order valence-corrected chi connectivity index (χ4v) is 4.78. The summed E-state index contributed by atoms with van der Waals surface area (Å²) in [6.07, 6.45) is 1.19. The molecule has 0 unspecified atom stereocenters. The van der Waals surface area contributed by atoms with Crippen LogP contribution in [0.15, 0.2) is 39.9 Å². The Bertz CT molecular complexity index is 1200. The molecule has 9 nitrogen and oxygen atoms in total. The quantitative estimate of drug-likeness (QED) is 0.671. The van der Waals surface area contributed by atoms with Gasteiger partial charge in [0.25, 0.3) is 11.5 Å². The molecule has 0 saturated carbocycles. The second-order valence-corrected chi connectivity index (χ2v) is 8.22. The maximum Gasteiger partial charge on any atom is 0.329 e. The van der Waals surface area contributed by atoms with Crippen molar-refractivity contribution in [3.05, 3.63) is 61.6 Å². The molecule has 2 aliphatic rings. The molecule has 1 spiro atoms. The molecule has 3 aromatic rings. The summed E-state index contributed by atoms with van der Waals surface area (Å²) in [5.74, 6) is -0.822. The number of carbonyl (C=O) groups is 1. The molecule has 2 aromatic heterocycles. The summed E-state index contributed by atoms with van der Waals surface area (Å²) in [5.41, 5.74) is 0.0802. The average molecular weight is 428 g/mol. The van der Waals surface area contributed by atoms with Crippen molar-refractivity contribution in [3.63, 3.8) is 0 Å². The van der Waals surface area contributed by atoms with Crippen molar-refractivity contribution < 1.29 is 14.3 Å². The van der Waals surface area contributed by atoms with Gasteiger partial charge < -0.3 is 19.4 Å². The van der Waals surface area contributed by atoms with Crippen LogP contribution >= 0.6 is 11.5 Å². The molecule has 1 aromatic carbocycles. The van der Waals surface area contributed by atoms with Crippen molar-refractivity contribution in [1.29, 1.82) is 0 Å². The van der Waals surface area contributed by atoms with Crippen LogP contribution in [0.5, 0.6) is 0 Å². The standard InChI is InChI=1S/C20H20N4O5S/c25-17-15-14(21-19(27)24(17)12-13-4-2-1-3-5-13)16(30-22-15)18(26)23-8-6-20(7-9-23)28-10-11-29-20/h1-5H,6-12H2,(H,21,27). The minimum atomic E-state index is -0.577. The number of aromatic amines is 1. The number of fused-ring (bicyclic) bond motifs is 1. The predicted molar refractivity (Wildman–Crippen MR) is 110 cm³/mol. The molecule has 1 N–H and O–H groups in total. The molecular formula is C20H20N4O5S. The van der Waals surface area contributed by atoms with E-state index in [1.54, 1.807) is 4.90 Å². The van der Waals surface area contributed by atoms with E-state index in [4.69, 9.17) is 9.47 Å². The molecule has 5 rings (SSSR count). The maximum atomic E-state index is 13.1. The molecule has 0 bridgehead atoms. The zero-order valence-electron chi connectivity index (χ0n) is 16.1. The number of hydrogen-bond donors (Lipinski definition) is 1. The maximum absolute atomic E-state index is 13.1. The van der Waals surface area contributed by atoms with Gasteiger partial charge >= 0.3 is 5.69 Å². The minimum absolute atomic E-state index is 0.106. The summed E-state index contributed by atoms with van der Waals surface area (Å²) in [4.78, 5) is 43.2. The van der Waals surface area contributed by atoms with Gasteiger partial charge in [0.05, 0.1) is 25.3 Å². The van der Waals surface area contributed by atoms with Crippen LogP contribution < -0.4 is 11.2 Å². The number of ether oxygens (including phenoxy) is 2. The fraction of sp³-hybridized carbons (Fsp3) is 0.400. The summed E-state index contributed by atoms with van der Waals surface area (Å²) in [6, 6.07) is 9.24. The zero-order chi connectivity index (χ0) is 20.7. The van der Waals surface area contributed by atoms with Gasteiger partial charge in [-0.1, -0.05) is 30.3 Å². The largest absolute Gasteiger partial charge is 0.347 e. The number of hydrogen-bond acceptors (Lipinski definition) is 7. The van der Waals surface area contributed by atoms with E-state index in [9.17, 15) is 14.4 Å². The molecule has 1 amide bonds. The van der Waals surface area contributed by atoms with Crippen LogP contribution in [-0.2, 0) is 16.0 Å². The van der Waals surface area contributed by atoms with Gasteiger partial charge in [0.15, 0.2) is 11.3 Å². The van der Waals surface area contributed by atoms with Crippen LogP contribution in [0.2, 0.25) is 0 Å². The second-order valence-electron chi connectivity index (χ2n) is 7.44. The van der Waals surface area contributed by atoms with Crippen LogP contribution in [-0.4, -0.2) is 56.8 Å². The highest BCUT2D eigenvalue weighted by Crippen LogP contribution is 2.32. The van der Waals surface area contributed by atoms with E-state index in [2.05, 4.69) is 9.36 Å². The van der Waals surface area contributed by atoms with Gasteiger partial charge in [-0.15, -0.1) is 0 Å². The minimum Gasteiger partial charge on any atom is -0.347 e. The van der Waals surface area contributed by atoms with Crippen molar-refractivity contribution in [2.75, 3.05) is 26.3 Å². The van der Waals surface area contributed by atoms with Gasteiger partial charge in [0, 0.05) is 25.9 Å². The number of amides is 1. The van der Waals surface area contributed by atoms with Gasteiger partial charge in [0.1, 0.15) is 4.88 Å². The molecule has 156 valence electrons. The Morgan fingerprint density at radius 1 is 1.13 bits per heavy atom. The average Bonchev–Trinajstić information content (AvgIpc) is 3.39. The number of benzene rings is 1. The van der Waals surface area contributed by atoms with E-state index in [1.165, 1.54) is 0 Å². The van der Waals surface area contributed by atoms with E-state index in [0.717, 1.165) is 21.7 Å².